The molecule has 0 aromatic heterocycles. The van der Waals surface area contributed by atoms with Gasteiger partial charge in [0, 0.05) is 16.9 Å². The molecule has 12 heteroatoms. The van der Waals surface area contributed by atoms with Crippen molar-refractivity contribution in [3.05, 3.63) is 137 Å². The molecule has 0 bridgehead atoms. The first-order valence-electron chi connectivity index (χ1n) is 16.4. The van der Waals surface area contributed by atoms with Crippen LogP contribution < -0.4 is 22.1 Å². The average molecular weight is 915 g/mol. The SMILES string of the molecule is C=C(c1ccccc1)c1cc(N)ccc1-c1ccc(N)cc1C.CCc1ccc(C(=O)NCC[N+](C)(C)CCNC(=O)C([NH-])C[NH-])cc1.[Cl][Pt+2][Cl]. The predicted octanol–water partition coefficient (Wildman–Crippen LogP) is 7.91. The van der Waals surface area contributed by atoms with Crippen LogP contribution in [-0.4, -0.2) is 69.2 Å². The van der Waals surface area contributed by atoms with Crippen LogP contribution in [0.2, 0.25) is 0 Å². The van der Waals surface area contributed by atoms with Crippen molar-refractivity contribution < 1.29 is 30.6 Å². The van der Waals surface area contributed by atoms with Crippen molar-refractivity contribution >= 4 is 47.6 Å². The number of carbonyl (C=O) groups excluding carboxylic acids is 2. The van der Waals surface area contributed by atoms with E-state index in [1.165, 1.54) is 5.56 Å². The van der Waals surface area contributed by atoms with Gasteiger partial charge in [0.2, 0.25) is 5.91 Å². The Hall–Kier alpha value is -3.69. The molecule has 0 saturated heterocycles. The first-order chi connectivity index (χ1) is 24.3. The molecule has 2 amide bonds. The molecule has 0 radical (unpaired) electrons. The molecule has 1 atom stereocenters. The van der Waals surface area contributed by atoms with Gasteiger partial charge in [0.1, 0.15) is 0 Å². The number of aryl methyl sites for hydroxylation is 2. The predicted molar refractivity (Wildman–Crippen MR) is 212 cm³/mol. The van der Waals surface area contributed by atoms with E-state index in [0.717, 1.165) is 57.7 Å². The van der Waals surface area contributed by atoms with Gasteiger partial charge in [-0.1, -0.05) is 74.1 Å². The fraction of sp³-hybridized carbons (Fsp3) is 0.282. The molecule has 0 saturated carbocycles. The molecule has 0 fully saturated rings. The minimum atomic E-state index is -1.02. The molecular formula is C39H50Cl2N7O2Pt+. The van der Waals surface area contributed by atoms with Crippen molar-refractivity contribution in [2.75, 3.05) is 58.3 Å². The van der Waals surface area contributed by atoms with E-state index in [1.54, 1.807) is 0 Å². The zero-order valence-electron chi connectivity index (χ0n) is 29.7. The summed E-state index contributed by atoms with van der Waals surface area (Å²) in [5, 5.41) is 5.60. The van der Waals surface area contributed by atoms with Crippen molar-refractivity contribution in [1.29, 1.82) is 0 Å². The third-order valence-electron chi connectivity index (χ3n) is 8.20. The third kappa shape index (κ3) is 14.8. The normalized spacial score (nSPS) is 11.3. The van der Waals surface area contributed by atoms with E-state index < -0.39 is 28.4 Å². The number of anilines is 2. The summed E-state index contributed by atoms with van der Waals surface area (Å²) in [6, 6.07) is 28.7. The Bertz CT molecular complexity index is 1700. The Morgan fingerprint density at radius 2 is 1.39 bits per heavy atom. The van der Waals surface area contributed by atoms with E-state index >= 15 is 0 Å². The molecular weight excluding hydrogens is 864 g/mol. The molecule has 0 aliphatic heterocycles. The summed E-state index contributed by atoms with van der Waals surface area (Å²) in [5.74, 6) is -0.484. The number of quaternary nitrogens is 1. The van der Waals surface area contributed by atoms with Crippen LogP contribution in [0.3, 0.4) is 0 Å². The number of halogens is 2. The molecule has 0 aliphatic carbocycles. The summed E-state index contributed by atoms with van der Waals surface area (Å²) in [6.45, 7) is 10.6. The molecule has 0 spiro atoms. The molecule has 4 aromatic carbocycles. The maximum absolute atomic E-state index is 12.1. The van der Waals surface area contributed by atoms with Gasteiger partial charge in [0.25, 0.3) is 5.91 Å². The van der Waals surface area contributed by atoms with Crippen LogP contribution >= 0.6 is 18.8 Å². The Labute approximate surface area is 319 Å². The second kappa shape index (κ2) is 22.3. The minimum absolute atomic E-state index is 0.0801. The third-order valence-corrected chi connectivity index (χ3v) is 8.20. The molecule has 9 nitrogen and oxygen atoms in total. The van der Waals surface area contributed by atoms with Crippen molar-refractivity contribution in [3.63, 3.8) is 0 Å². The van der Waals surface area contributed by atoms with E-state index in [-0.39, 0.29) is 12.5 Å². The van der Waals surface area contributed by atoms with Crippen LogP contribution in [-0.2, 0) is 27.7 Å². The van der Waals surface area contributed by atoms with Gasteiger partial charge in [-0.15, -0.1) is 0 Å². The number of nitrogens with two attached hydrogens (primary N) is 2. The zero-order valence-corrected chi connectivity index (χ0v) is 33.5. The topological polar surface area (TPSA) is 158 Å². The number of rotatable bonds is 13. The number of hydrogen-bond donors (Lipinski definition) is 4. The van der Waals surface area contributed by atoms with E-state index in [1.807, 2.05) is 80.8 Å². The molecule has 1 unspecified atom stereocenters. The van der Waals surface area contributed by atoms with Gasteiger partial charge in [-0.25, -0.2) is 0 Å². The van der Waals surface area contributed by atoms with Gasteiger partial charge in [0.05, 0.1) is 40.3 Å². The van der Waals surface area contributed by atoms with Crippen LogP contribution in [0, 0.1) is 6.92 Å². The van der Waals surface area contributed by atoms with E-state index in [2.05, 4.69) is 55.3 Å². The number of nitrogens with one attached hydrogen (secondary N) is 4. The standard InChI is InChI=1S/C21H20N2.C18H30N5O2.2ClH.Pt/c1-14-12-17(22)8-10-19(14)20-11-9-18(23)13-21(20)15(2)16-6-4-3-5-7-16;1-4-14-5-7-15(8-6-14)17(24)21-9-11-23(2,3)12-10-22-18(25)16(20)13-19;;;/h3-13H,2,22-23H2,1H3;5-8,16,19-20H,4,9-13H2,1-3H3,(H,21,24)(H,22,25);2*1H;/q;-1;;;+4/p-2. The molecule has 276 valence electrons. The fourth-order valence-corrected chi connectivity index (χ4v) is 5.11. The number of nitrogens with zero attached hydrogens (tertiary/aromatic N) is 1. The van der Waals surface area contributed by atoms with Gasteiger partial charge >= 0.3 is 35.3 Å². The summed E-state index contributed by atoms with van der Waals surface area (Å²) in [6.07, 6.45) is 0.951. The Morgan fingerprint density at radius 1 is 0.843 bits per heavy atom. The first kappa shape index (κ1) is 43.5. The van der Waals surface area contributed by atoms with Gasteiger partial charge in [-0.3, -0.25) is 9.59 Å². The summed E-state index contributed by atoms with van der Waals surface area (Å²) in [7, 11) is 13.8. The number of amides is 2. The number of likely N-dealkylation sites (N-methyl/N-ethyl adjacent to an activating group) is 1. The van der Waals surface area contributed by atoms with Gasteiger partial charge in [-0.05, 0) is 88.7 Å². The zero-order chi connectivity index (χ0) is 38.0. The van der Waals surface area contributed by atoms with Gasteiger partial charge < -0.3 is 38.1 Å². The van der Waals surface area contributed by atoms with Crippen LogP contribution in [0.1, 0.15) is 39.5 Å². The van der Waals surface area contributed by atoms with Crippen molar-refractivity contribution in [1.82, 2.24) is 10.6 Å². The molecule has 8 N–H and O–H groups in total. The Kier molecular flexibility index (Phi) is 19.0. The number of benzene rings is 4. The van der Waals surface area contributed by atoms with Crippen LogP contribution in [0.5, 0.6) is 0 Å². The number of nitrogen functional groups attached to an aromatic ring is 2. The van der Waals surface area contributed by atoms with Crippen molar-refractivity contribution in [2.24, 2.45) is 0 Å². The van der Waals surface area contributed by atoms with Crippen molar-refractivity contribution in [2.45, 2.75) is 26.3 Å². The number of hydrogen-bond acceptors (Lipinski definition) is 4. The second-order valence-electron chi connectivity index (χ2n) is 12.5. The molecule has 0 heterocycles. The average Bonchev–Trinajstić information content (AvgIpc) is 3.12. The second-order valence-corrected chi connectivity index (χ2v) is 15.8. The summed E-state index contributed by atoms with van der Waals surface area (Å²) in [5.41, 5.74) is 36.2. The van der Waals surface area contributed by atoms with Crippen LogP contribution in [0.15, 0.2) is 97.6 Å². The molecule has 51 heavy (non-hydrogen) atoms. The molecule has 4 aromatic rings. The summed E-state index contributed by atoms with van der Waals surface area (Å²) >= 11 is -0.472. The van der Waals surface area contributed by atoms with Crippen molar-refractivity contribution in [3.8, 4) is 11.1 Å². The van der Waals surface area contributed by atoms with E-state index in [9.17, 15) is 9.59 Å². The molecule has 0 aliphatic rings. The van der Waals surface area contributed by atoms with E-state index in [0.29, 0.717) is 29.7 Å². The number of carbonyl (C=O) groups is 2. The van der Waals surface area contributed by atoms with Crippen LogP contribution in [0.4, 0.5) is 11.4 Å². The fourth-order valence-electron chi connectivity index (χ4n) is 5.11. The van der Waals surface area contributed by atoms with E-state index in [4.69, 9.17) is 41.8 Å². The Balaban J connectivity index is 0.000000329. The first-order valence-corrected chi connectivity index (χ1v) is 22.1. The Morgan fingerprint density at radius 3 is 1.94 bits per heavy atom. The van der Waals surface area contributed by atoms with Crippen LogP contribution in [0.25, 0.3) is 28.2 Å². The summed E-state index contributed by atoms with van der Waals surface area (Å²) < 4.78 is 0.638. The quantitative estimate of drug-likeness (QED) is 0.0795. The monoisotopic (exact) mass is 913 g/mol. The van der Waals surface area contributed by atoms with Gasteiger partial charge in [-0.2, -0.15) is 6.54 Å². The summed E-state index contributed by atoms with van der Waals surface area (Å²) in [4.78, 5) is 23.6. The maximum atomic E-state index is 12.1. The molecule has 4 rings (SSSR count). The van der Waals surface area contributed by atoms with Gasteiger partial charge in [0.15, 0.2) is 0 Å².